The number of imide groups is 1. The number of para-hydroxylation sites is 1. The first-order valence-corrected chi connectivity index (χ1v) is 9.20. The maximum absolute atomic E-state index is 13.1. The van der Waals surface area contributed by atoms with E-state index in [9.17, 15) is 19.7 Å². The van der Waals surface area contributed by atoms with Crippen LogP contribution in [0.15, 0.2) is 42.5 Å². The molecular weight excluding hydrogens is 437 g/mol. The molecule has 7 nitrogen and oxygen atoms in total. The average molecular weight is 453 g/mol. The Balaban J connectivity index is 2.09. The van der Waals surface area contributed by atoms with Crippen LogP contribution >= 0.6 is 0 Å². The molecule has 2 aromatic rings. The molecule has 2 amide bonds. The van der Waals surface area contributed by atoms with Crippen LogP contribution in [0.25, 0.3) is 0 Å². The van der Waals surface area contributed by atoms with Gasteiger partial charge in [0.25, 0.3) is 0 Å². The zero-order valence-electron chi connectivity index (χ0n) is 14.6. The quantitative estimate of drug-likeness (QED) is 0.307. The number of rotatable bonds is 4. The molecule has 3 rings (SSSR count). The minimum absolute atomic E-state index is 0.124. The van der Waals surface area contributed by atoms with Crippen LogP contribution in [0.4, 0.5) is 11.4 Å². The first-order chi connectivity index (χ1) is 12.8. The number of nitro groups is 1. The van der Waals surface area contributed by atoms with Gasteiger partial charge >= 0.3 is 165 Å². The van der Waals surface area contributed by atoms with E-state index >= 15 is 0 Å². The molecule has 1 unspecified atom stereocenters. The zero-order chi connectivity index (χ0) is 19.7. The van der Waals surface area contributed by atoms with Crippen LogP contribution in [0, 0.1) is 16.0 Å². The molecule has 1 aliphatic heterocycles. The fourth-order valence-corrected chi connectivity index (χ4v) is 3.23. The number of amides is 2. The first-order valence-electron chi connectivity index (χ1n) is 8.19. The van der Waals surface area contributed by atoms with E-state index in [0.717, 1.165) is 10.5 Å². The van der Waals surface area contributed by atoms with Crippen LogP contribution < -0.4 is 9.64 Å². The molecule has 0 saturated heterocycles. The summed E-state index contributed by atoms with van der Waals surface area (Å²) in [6, 6.07) is 10.4. The molecule has 27 heavy (non-hydrogen) atoms. The third-order valence-electron chi connectivity index (χ3n) is 4.22. The number of nitro benzene ring substituents is 1. The van der Waals surface area contributed by atoms with Gasteiger partial charge in [0, 0.05) is 0 Å². The van der Waals surface area contributed by atoms with E-state index in [1.54, 1.807) is 16.7 Å². The van der Waals surface area contributed by atoms with Crippen molar-refractivity contribution in [3.8, 4) is 5.75 Å². The second kappa shape index (κ2) is 7.49. The maximum atomic E-state index is 13.1. The summed E-state index contributed by atoms with van der Waals surface area (Å²) < 4.78 is 7.70. The summed E-state index contributed by atoms with van der Waals surface area (Å²) in [5, 5.41) is 10.8. The van der Waals surface area contributed by atoms with Gasteiger partial charge in [0.05, 0.1) is 0 Å². The van der Waals surface area contributed by atoms with Crippen molar-refractivity contribution in [3.63, 3.8) is 0 Å². The van der Waals surface area contributed by atoms with E-state index in [1.165, 1.54) is 24.3 Å². The molecule has 0 spiro atoms. The summed E-state index contributed by atoms with van der Waals surface area (Å²) in [7, 11) is 0. The van der Waals surface area contributed by atoms with Crippen molar-refractivity contribution in [2.75, 3.05) is 4.90 Å². The molecule has 0 saturated carbocycles. The molecule has 1 aliphatic rings. The summed E-state index contributed by atoms with van der Waals surface area (Å²) in [6.45, 7) is 3.69. The number of hydrogen-bond donors (Lipinski definition) is 0. The van der Waals surface area contributed by atoms with Crippen molar-refractivity contribution in [1.82, 2.24) is 0 Å². The number of carbonyl (C=O) groups excluding carboxylic acids is 2. The van der Waals surface area contributed by atoms with Gasteiger partial charge in [-0.2, -0.15) is 0 Å². The molecule has 2 aromatic carbocycles. The van der Waals surface area contributed by atoms with Gasteiger partial charge in [0.15, 0.2) is 0 Å². The van der Waals surface area contributed by atoms with Gasteiger partial charge in [-0.3, -0.25) is 0 Å². The van der Waals surface area contributed by atoms with Crippen LogP contribution in [0.1, 0.15) is 29.8 Å². The number of anilines is 1. The molecule has 8 heteroatoms. The normalized spacial score (nSPS) is 15.9. The molecule has 1 atom stereocenters. The van der Waals surface area contributed by atoms with E-state index < -0.39 is 22.8 Å². The average Bonchev–Trinajstić information content (AvgIpc) is 2.66. The van der Waals surface area contributed by atoms with Crippen LogP contribution in [-0.2, 0) is 22.6 Å². The van der Waals surface area contributed by atoms with Crippen molar-refractivity contribution in [3.05, 3.63) is 63.7 Å². The van der Waals surface area contributed by atoms with Gasteiger partial charge in [0.1, 0.15) is 0 Å². The Labute approximate surface area is 165 Å². The number of nitrogens with zero attached hydrogens (tertiary/aromatic N) is 2. The Hall–Kier alpha value is -2.73. The standard InChI is InChI=1S/C19H16N2O5.Ru/c1-11(2)16-19(23)20(15-6-4-5-12(3)17(15)26-16)18(22)13-7-9-14(10-8-13)21(24)25;/h3-11,16H,1-2H3;/q;+1. The summed E-state index contributed by atoms with van der Waals surface area (Å²) in [6.07, 6.45) is -0.799. The number of benzene rings is 2. The summed E-state index contributed by atoms with van der Waals surface area (Å²) in [5.74, 6) is -0.684. The second-order valence-electron chi connectivity index (χ2n) is 6.36. The molecule has 0 bridgehead atoms. The molecular formula is C19H16N2O5Ru+. The Morgan fingerprint density at radius 2 is 1.93 bits per heavy atom. The van der Waals surface area contributed by atoms with Crippen LogP contribution in [0.3, 0.4) is 0 Å². The van der Waals surface area contributed by atoms with Gasteiger partial charge in [-0.25, -0.2) is 0 Å². The Morgan fingerprint density at radius 3 is 2.48 bits per heavy atom. The van der Waals surface area contributed by atoms with Crippen LogP contribution in [0.5, 0.6) is 5.75 Å². The van der Waals surface area contributed by atoms with Crippen molar-refractivity contribution in [1.29, 1.82) is 0 Å². The molecule has 0 aromatic heterocycles. The molecule has 0 aliphatic carbocycles. The van der Waals surface area contributed by atoms with Crippen molar-refractivity contribution in [2.45, 2.75) is 20.0 Å². The third kappa shape index (κ3) is 3.45. The Kier molecular flexibility index (Phi) is 5.28. The molecule has 0 radical (unpaired) electrons. The topological polar surface area (TPSA) is 89.8 Å². The fourth-order valence-electron chi connectivity index (χ4n) is 2.84. The predicted molar refractivity (Wildman–Crippen MR) is 95.8 cm³/mol. The van der Waals surface area contributed by atoms with E-state index in [0.29, 0.717) is 11.4 Å². The Bertz CT molecular complexity index is 940. The zero-order valence-corrected chi connectivity index (χ0v) is 16.3. The van der Waals surface area contributed by atoms with Crippen LogP contribution in [-0.4, -0.2) is 27.5 Å². The third-order valence-corrected chi connectivity index (χ3v) is 4.76. The first kappa shape index (κ1) is 19.0. The minimum atomic E-state index is -0.799. The van der Waals surface area contributed by atoms with Crippen LogP contribution in [0.2, 0.25) is 0 Å². The van der Waals surface area contributed by atoms with Crippen molar-refractivity contribution in [2.24, 2.45) is 5.92 Å². The van der Waals surface area contributed by atoms with E-state index in [2.05, 4.69) is 17.9 Å². The van der Waals surface area contributed by atoms with Gasteiger partial charge in [-0.05, 0) is 0 Å². The van der Waals surface area contributed by atoms with Gasteiger partial charge < -0.3 is 0 Å². The molecule has 139 valence electrons. The second-order valence-corrected chi connectivity index (χ2v) is 6.86. The van der Waals surface area contributed by atoms with E-state index in [1.807, 2.05) is 19.9 Å². The summed E-state index contributed by atoms with van der Waals surface area (Å²) >= 11 is 2.38. The molecule has 1 heterocycles. The number of ether oxygens (including phenoxy) is 1. The van der Waals surface area contributed by atoms with E-state index in [-0.39, 0.29) is 17.2 Å². The SMILES string of the molecule is CC(C)C1Oc2c([CH]=[Ru+])cccc2N(C(=O)c2ccc([N+](=O)[O-])cc2)C1=O. The Morgan fingerprint density at radius 1 is 1.26 bits per heavy atom. The van der Waals surface area contributed by atoms with Gasteiger partial charge in [-0.1, -0.05) is 0 Å². The summed E-state index contributed by atoms with van der Waals surface area (Å²) in [4.78, 5) is 37.4. The number of carbonyl (C=O) groups is 2. The predicted octanol–water partition coefficient (Wildman–Crippen LogP) is 2.88. The molecule has 0 N–H and O–H groups in total. The van der Waals surface area contributed by atoms with Crippen molar-refractivity contribution < 1.29 is 37.1 Å². The van der Waals surface area contributed by atoms with Gasteiger partial charge in [-0.15, -0.1) is 0 Å². The summed E-state index contributed by atoms with van der Waals surface area (Å²) in [5.41, 5.74) is 1.17. The number of fused-ring (bicyclic) bond motifs is 1. The number of hydrogen-bond acceptors (Lipinski definition) is 5. The number of non-ortho nitro benzene ring substituents is 1. The van der Waals surface area contributed by atoms with Crippen molar-refractivity contribution >= 4 is 27.8 Å². The van der Waals surface area contributed by atoms with E-state index in [4.69, 9.17) is 4.74 Å². The fraction of sp³-hybridized carbons (Fsp3) is 0.211. The monoisotopic (exact) mass is 454 g/mol. The molecule has 0 fully saturated rings. The van der Waals surface area contributed by atoms with Gasteiger partial charge in [0.2, 0.25) is 0 Å².